The lowest BCUT2D eigenvalue weighted by Crippen LogP contribution is -2.63. The van der Waals surface area contributed by atoms with Gasteiger partial charge in [0, 0.05) is 36.2 Å². The third kappa shape index (κ3) is 2.82. The van der Waals surface area contributed by atoms with Crippen molar-refractivity contribution in [1.82, 2.24) is 14.8 Å². The number of aliphatic hydroxyl groups is 1. The fraction of sp³-hybridized carbons (Fsp3) is 0.333. The molecule has 2 N–H and O–H groups in total. The fourth-order valence-electron chi connectivity index (χ4n) is 4.99. The Hall–Kier alpha value is -3.12. The summed E-state index contributed by atoms with van der Waals surface area (Å²) in [6, 6.07) is 15.3. The smallest absolute Gasteiger partial charge is 0.246 e. The number of para-hydroxylation sites is 1. The van der Waals surface area contributed by atoms with Crippen LogP contribution in [0, 0.1) is 6.92 Å². The van der Waals surface area contributed by atoms with E-state index >= 15 is 0 Å². The second-order valence-corrected chi connectivity index (χ2v) is 8.18. The second-order valence-electron chi connectivity index (χ2n) is 8.18. The molecule has 2 aromatic carbocycles. The lowest BCUT2D eigenvalue weighted by atomic mass is 9.85. The standard InChI is InChI=1S/C24H25N3O3/c1-15-7-2-3-8-16(15)23-22-18(17-9-4-5-10-19(17)25-22)13-20-24(30)26(11-6-12-28)14-21(29)27(20)23/h2-5,7-10,20,23,25,28H,6,11-14H2,1H3/t20-,23-/m0/s1. The maximum Gasteiger partial charge on any atom is 0.246 e. The summed E-state index contributed by atoms with van der Waals surface area (Å²) in [5.74, 6) is -0.0762. The van der Waals surface area contributed by atoms with E-state index in [9.17, 15) is 14.7 Å². The number of nitrogens with zero attached hydrogens (tertiary/aromatic N) is 2. The summed E-state index contributed by atoms with van der Waals surface area (Å²) in [6.07, 6.45) is 0.979. The average Bonchev–Trinajstić information content (AvgIpc) is 3.13. The van der Waals surface area contributed by atoms with E-state index in [1.165, 1.54) is 0 Å². The van der Waals surface area contributed by atoms with Gasteiger partial charge in [0.05, 0.1) is 12.6 Å². The van der Waals surface area contributed by atoms with Crippen LogP contribution in [0.3, 0.4) is 0 Å². The number of aliphatic hydroxyl groups excluding tert-OH is 1. The first-order valence-electron chi connectivity index (χ1n) is 10.5. The highest BCUT2D eigenvalue weighted by molar-refractivity contribution is 5.97. The second kappa shape index (κ2) is 7.29. The third-order valence-electron chi connectivity index (χ3n) is 6.41. The number of H-pyrrole nitrogens is 1. The zero-order valence-corrected chi connectivity index (χ0v) is 17.0. The first-order chi connectivity index (χ1) is 14.6. The van der Waals surface area contributed by atoms with Gasteiger partial charge < -0.3 is 19.9 Å². The Kier molecular flexibility index (Phi) is 4.59. The first-order valence-corrected chi connectivity index (χ1v) is 10.5. The summed E-state index contributed by atoms with van der Waals surface area (Å²) >= 11 is 0. The number of aromatic nitrogens is 1. The molecule has 0 aliphatic carbocycles. The number of benzene rings is 2. The molecule has 0 spiro atoms. The summed E-state index contributed by atoms with van der Waals surface area (Å²) < 4.78 is 0. The SMILES string of the molecule is Cc1ccccc1[C@H]1c2[nH]c3ccccc3c2C[C@H]2C(=O)N(CCCO)CC(=O)N12. The van der Waals surface area contributed by atoms with Crippen LogP contribution < -0.4 is 0 Å². The van der Waals surface area contributed by atoms with E-state index in [1.807, 2.05) is 49.4 Å². The van der Waals surface area contributed by atoms with Crippen molar-refractivity contribution in [2.45, 2.75) is 31.8 Å². The lowest BCUT2D eigenvalue weighted by molar-refractivity contribution is -0.158. The van der Waals surface area contributed by atoms with Gasteiger partial charge in [-0.1, -0.05) is 42.5 Å². The summed E-state index contributed by atoms with van der Waals surface area (Å²) in [5.41, 5.74) is 5.28. The molecule has 1 saturated heterocycles. The molecule has 3 aromatic rings. The molecule has 1 fully saturated rings. The number of amides is 2. The van der Waals surface area contributed by atoms with Crippen LogP contribution in [0.1, 0.15) is 34.8 Å². The summed E-state index contributed by atoms with van der Waals surface area (Å²) in [7, 11) is 0. The molecule has 0 radical (unpaired) electrons. The predicted octanol–water partition coefficient (Wildman–Crippen LogP) is 2.54. The van der Waals surface area contributed by atoms with E-state index in [4.69, 9.17) is 0 Å². The van der Waals surface area contributed by atoms with Crippen LogP contribution in [0.5, 0.6) is 0 Å². The van der Waals surface area contributed by atoms with Gasteiger partial charge in [-0.05, 0) is 36.1 Å². The topological polar surface area (TPSA) is 76.6 Å². The van der Waals surface area contributed by atoms with Crippen LogP contribution >= 0.6 is 0 Å². The lowest BCUT2D eigenvalue weighted by Gasteiger charge is -2.47. The van der Waals surface area contributed by atoms with Crippen molar-refractivity contribution in [2.75, 3.05) is 19.7 Å². The molecule has 2 aliphatic heterocycles. The van der Waals surface area contributed by atoms with Gasteiger partial charge in [0.25, 0.3) is 0 Å². The van der Waals surface area contributed by atoms with Crippen LogP contribution in [0.15, 0.2) is 48.5 Å². The van der Waals surface area contributed by atoms with Crippen LogP contribution in [-0.2, 0) is 16.0 Å². The zero-order chi connectivity index (χ0) is 20.8. The molecular formula is C24H25N3O3. The molecule has 154 valence electrons. The van der Waals surface area contributed by atoms with Gasteiger partial charge in [0.2, 0.25) is 11.8 Å². The van der Waals surface area contributed by atoms with E-state index < -0.39 is 6.04 Å². The molecule has 0 saturated carbocycles. The zero-order valence-electron chi connectivity index (χ0n) is 17.0. The van der Waals surface area contributed by atoms with Crippen molar-refractivity contribution >= 4 is 22.7 Å². The quantitative estimate of drug-likeness (QED) is 0.703. The van der Waals surface area contributed by atoms with Gasteiger partial charge in [-0.2, -0.15) is 0 Å². The molecule has 6 nitrogen and oxygen atoms in total. The number of carbonyl (C=O) groups is 2. The highest BCUT2D eigenvalue weighted by Crippen LogP contribution is 2.43. The third-order valence-corrected chi connectivity index (χ3v) is 6.41. The minimum absolute atomic E-state index is 0.00474. The number of aromatic amines is 1. The molecule has 30 heavy (non-hydrogen) atoms. The minimum atomic E-state index is -0.527. The Balaban J connectivity index is 1.68. The largest absolute Gasteiger partial charge is 0.396 e. The van der Waals surface area contributed by atoms with Gasteiger partial charge in [-0.3, -0.25) is 9.59 Å². The average molecular weight is 403 g/mol. The number of piperazine rings is 1. The molecule has 3 heterocycles. The molecule has 2 amide bonds. The molecule has 1 aromatic heterocycles. The Labute approximate surface area is 175 Å². The first kappa shape index (κ1) is 18.9. The number of fused-ring (bicyclic) bond motifs is 4. The van der Waals surface area contributed by atoms with Crippen LogP contribution in [-0.4, -0.2) is 57.4 Å². The van der Waals surface area contributed by atoms with E-state index in [-0.39, 0.29) is 31.0 Å². The molecular weight excluding hydrogens is 378 g/mol. The van der Waals surface area contributed by atoms with Crippen molar-refractivity contribution in [3.05, 3.63) is 70.9 Å². The molecule has 5 rings (SSSR count). The maximum absolute atomic E-state index is 13.4. The Bertz CT molecular complexity index is 1140. The Morgan fingerprint density at radius 2 is 1.87 bits per heavy atom. The monoisotopic (exact) mass is 403 g/mol. The summed E-state index contributed by atoms with van der Waals surface area (Å²) in [5, 5.41) is 10.3. The van der Waals surface area contributed by atoms with Gasteiger partial charge in [-0.25, -0.2) is 0 Å². The van der Waals surface area contributed by atoms with E-state index in [1.54, 1.807) is 9.80 Å². The van der Waals surface area contributed by atoms with Gasteiger partial charge in [-0.15, -0.1) is 0 Å². The van der Waals surface area contributed by atoms with Gasteiger partial charge in [0.1, 0.15) is 6.04 Å². The number of carbonyl (C=O) groups excluding carboxylic acids is 2. The Morgan fingerprint density at radius 3 is 2.67 bits per heavy atom. The molecule has 6 heteroatoms. The van der Waals surface area contributed by atoms with Crippen molar-refractivity contribution in [2.24, 2.45) is 0 Å². The summed E-state index contributed by atoms with van der Waals surface area (Å²) in [4.78, 5) is 33.7. The van der Waals surface area contributed by atoms with E-state index in [0.29, 0.717) is 19.4 Å². The fourth-order valence-corrected chi connectivity index (χ4v) is 4.99. The highest BCUT2D eigenvalue weighted by atomic mass is 16.3. The van der Waals surface area contributed by atoms with Crippen LogP contribution in [0.4, 0.5) is 0 Å². The summed E-state index contributed by atoms with van der Waals surface area (Å²) in [6.45, 7) is 2.52. The van der Waals surface area contributed by atoms with Crippen LogP contribution in [0.2, 0.25) is 0 Å². The molecule has 0 bridgehead atoms. The number of rotatable bonds is 4. The number of hydrogen-bond acceptors (Lipinski definition) is 3. The minimum Gasteiger partial charge on any atom is -0.396 e. The number of hydrogen-bond donors (Lipinski definition) is 2. The van der Waals surface area contributed by atoms with Crippen molar-refractivity contribution in [3.8, 4) is 0 Å². The number of nitrogens with one attached hydrogen (secondary N) is 1. The highest BCUT2D eigenvalue weighted by Gasteiger charge is 2.48. The van der Waals surface area contributed by atoms with Crippen LogP contribution in [0.25, 0.3) is 10.9 Å². The van der Waals surface area contributed by atoms with Crippen molar-refractivity contribution < 1.29 is 14.7 Å². The maximum atomic E-state index is 13.4. The van der Waals surface area contributed by atoms with Crippen molar-refractivity contribution in [3.63, 3.8) is 0 Å². The normalized spacial score (nSPS) is 21.1. The molecule has 2 atom stereocenters. The Morgan fingerprint density at radius 1 is 1.10 bits per heavy atom. The van der Waals surface area contributed by atoms with Crippen molar-refractivity contribution in [1.29, 1.82) is 0 Å². The number of aryl methyl sites for hydroxylation is 1. The molecule has 2 aliphatic rings. The van der Waals surface area contributed by atoms with E-state index in [0.717, 1.165) is 33.3 Å². The predicted molar refractivity (Wildman–Crippen MR) is 114 cm³/mol. The van der Waals surface area contributed by atoms with Gasteiger partial charge >= 0.3 is 0 Å². The van der Waals surface area contributed by atoms with Gasteiger partial charge in [0.15, 0.2) is 0 Å². The van der Waals surface area contributed by atoms with E-state index in [2.05, 4.69) is 11.1 Å². The molecule has 0 unspecified atom stereocenters.